The molecule has 1 aromatic carbocycles. The lowest BCUT2D eigenvalue weighted by Crippen LogP contribution is -2.35. The average molecular weight is 374 g/mol. The van der Waals surface area contributed by atoms with Gasteiger partial charge in [-0.15, -0.1) is 0 Å². The highest BCUT2D eigenvalue weighted by Crippen LogP contribution is 2.38. The van der Waals surface area contributed by atoms with Crippen LogP contribution >= 0.6 is 0 Å². The van der Waals surface area contributed by atoms with E-state index in [0.29, 0.717) is 5.92 Å². The predicted molar refractivity (Wildman–Crippen MR) is 118 cm³/mol. The Balaban J connectivity index is 1.99. The molecule has 1 saturated carbocycles. The first-order valence-electron chi connectivity index (χ1n) is 10.8. The van der Waals surface area contributed by atoms with Crippen molar-refractivity contribution >= 4 is 10.9 Å². The van der Waals surface area contributed by atoms with Crippen LogP contribution in [0.5, 0.6) is 0 Å². The summed E-state index contributed by atoms with van der Waals surface area (Å²) in [6, 6.07) is 11.6. The van der Waals surface area contributed by atoms with Gasteiger partial charge in [0.25, 0.3) is 0 Å². The lowest BCUT2D eigenvalue weighted by Gasteiger charge is -2.17. The second-order valence-electron chi connectivity index (χ2n) is 9.01. The molecule has 28 heavy (non-hydrogen) atoms. The minimum absolute atomic E-state index is 0.441. The predicted octanol–water partition coefficient (Wildman–Crippen LogP) is 6.43. The molecule has 0 spiro atoms. The van der Waals surface area contributed by atoms with E-state index in [4.69, 9.17) is 4.98 Å². The molecule has 0 unspecified atom stereocenters. The maximum absolute atomic E-state index is 5.00. The molecule has 2 heterocycles. The molecule has 2 heteroatoms. The van der Waals surface area contributed by atoms with E-state index in [9.17, 15) is 0 Å². The van der Waals surface area contributed by atoms with Gasteiger partial charge in [-0.25, -0.2) is 0 Å². The molecule has 1 fully saturated rings. The van der Waals surface area contributed by atoms with Crippen LogP contribution in [0.1, 0.15) is 79.4 Å². The number of fused-ring (bicyclic) bond motifs is 1. The van der Waals surface area contributed by atoms with Crippen LogP contribution in [0.2, 0.25) is 0 Å². The lowest BCUT2D eigenvalue weighted by molar-refractivity contribution is -0.665. The minimum atomic E-state index is 0.441. The van der Waals surface area contributed by atoms with Gasteiger partial charge in [0.05, 0.1) is 16.5 Å². The van der Waals surface area contributed by atoms with Gasteiger partial charge in [0, 0.05) is 18.7 Å². The van der Waals surface area contributed by atoms with Gasteiger partial charge in [0.15, 0.2) is 5.69 Å². The fourth-order valence-corrected chi connectivity index (χ4v) is 4.73. The molecular formula is C26H33N2+. The van der Waals surface area contributed by atoms with Crippen LogP contribution in [0, 0.1) is 20.8 Å². The van der Waals surface area contributed by atoms with Crippen LogP contribution in [0.4, 0.5) is 0 Å². The number of benzene rings is 1. The Morgan fingerprint density at radius 3 is 2.39 bits per heavy atom. The van der Waals surface area contributed by atoms with Crippen molar-refractivity contribution in [2.45, 2.75) is 72.1 Å². The summed E-state index contributed by atoms with van der Waals surface area (Å²) in [5.41, 5.74) is 10.5. The van der Waals surface area contributed by atoms with Gasteiger partial charge in [0.2, 0.25) is 5.69 Å². The van der Waals surface area contributed by atoms with Crippen LogP contribution in [0.15, 0.2) is 30.3 Å². The van der Waals surface area contributed by atoms with Crippen molar-refractivity contribution in [3.63, 3.8) is 0 Å². The van der Waals surface area contributed by atoms with Crippen LogP contribution in [-0.2, 0) is 7.05 Å². The highest BCUT2D eigenvalue weighted by molar-refractivity contribution is 5.92. The number of hydrogen-bond acceptors (Lipinski definition) is 1. The van der Waals surface area contributed by atoms with Gasteiger partial charge in [0.1, 0.15) is 7.05 Å². The Bertz CT molecular complexity index is 1040. The molecule has 1 aliphatic carbocycles. The van der Waals surface area contributed by atoms with E-state index in [1.807, 2.05) is 0 Å². The Morgan fingerprint density at radius 2 is 1.71 bits per heavy atom. The molecule has 2 aromatic heterocycles. The van der Waals surface area contributed by atoms with E-state index < -0.39 is 0 Å². The van der Waals surface area contributed by atoms with Crippen molar-refractivity contribution in [3.8, 4) is 11.3 Å². The first-order chi connectivity index (χ1) is 13.4. The summed E-state index contributed by atoms with van der Waals surface area (Å²) in [6.07, 6.45) is 5.41. The fourth-order valence-electron chi connectivity index (χ4n) is 4.73. The number of nitrogens with zero attached hydrogens (tertiary/aromatic N) is 2. The smallest absolute Gasteiger partial charge is 0.222 e. The monoisotopic (exact) mass is 373 g/mol. The quantitative estimate of drug-likeness (QED) is 0.483. The topological polar surface area (TPSA) is 16.8 Å². The number of hydrogen-bond donors (Lipinski definition) is 0. The zero-order valence-corrected chi connectivity index (χ0v) is 18.3. The van der Waals surface area contributed by atoms with Crippen molar-refractivity contribution < 1.29 is 4.57 Å². The zero-order chi connectivity index (χ0) is 20.0. The van der Waals surface area contributed by atoms with Crippen LogP contribution in [0.3, 0.4) is 0 Å². The maximum atomic E-state index is 5.00. The Kier molecular flexibility index (Phi) is 4.99. The molecule has 0 bridgehead atoms. The largest absolute Gasteiger partial charge is 0.252 e. The number of rotatable bonds is 3. The van der Waals surface area contributed by atoms with Crippen LogP contribution in [-0.4, -0.2) is 4.98 Å². The normalized spacial score (nSPS) is 15.1. The first kappa shape index (κ1) is 19.1. The molecule has 0 N–H and O–H groups in total. The Hall–Kier alpha value is -2.22. The first-order valence-corrected chi connectivity index (χ1v) is 10.8. The molecule has 0 atom stereocenters. The molecule has 0 amide bonds. The molecule has 0 saturated heterocycles. The van der Waals surface area contributed by atoms with Crippen molar-refractivity contribution in [2.75, 3.05) is 0 Å². The maximum Gasteiger partial charge on any atom is 0.222 e. The summed E-state index contributed by atoms with van der Waals surface area (Å²) >= 11 is 0. The summed E-state index contributed by atoms with van der Waals surface area (Å²) in [7, 11) is 2.19. The summed E-state index contributed by atoms with van der Waals surface area (Å²) < 4.78 is 2.35. The zero-order valence-electron chi connectivity index (χ0n) is 18.3. The summed E-state index contributed by atoms with van der Waals surface area (Å²) in [4.78, 5) is 5.00. The molecule has 0 aliphatic heterocycles. The molecule has 1 aliphatic rings. The molecule has 2 nitrogen and oxygen atoms in total. The van der Waals surface area contributed by atoms with Crippen molar-refractivity contribution in [1.29, 1.82) is 0 Å². The van der Waals surface area contributed by atoms with Crippen LogP contribution in [0.25, 0.3) is 22.2 Å². The standard InChI is InChI=1S/C26H33N2/c1-16(2)24-12-11-22-25(27-24)14-18(4)28(6)26(22)23-15-21(13-17(3)19(23)5)20-9-7-8-10-20/h11-16,20H,7-10H2,1-6H3/q+1. The van der Waals surface area contributed by atoms with Gasteiger partial charge in [-0.05, 0) is 73.4 Å². The van der Waals surface area contributed by atoms with E-state index in [1.165, 1.54) is 70.4 Å². The minimum Gasteiger partial charge on any atom is -0.252 e. The summed E-state index contributed by atoms with van der Waals surface area (Å²) in [5, 5.41) is 1.25. The Labute approximate surface area is 169 Å². The third kappa shape index (κ3) is 3.23. The highest BCUT2D eigenvalue weighted by atomic mass is 15.0. The fraction of sp³-hybridized carbons (Fsp3) is 0.462. The number of pyridine rings is 2. The van der Waals surface area contributed by atoms with Gasteiger partial charge >= 0.3 is 0 Å². The lowest BCUT2D eigenvalue weighted by atomic mass is 9.89. The third-order valence-corrected chi connectivity index (χ3v) is 6.77. The molecule has 0 radical (unpaired) electrons. The molecule has 146 valence electrons. The highest BCUT2D eigenvalue weighted by Gasteiger charge is 2.24. The van der Waals surface area contributed by atoms with E-state index >= 15 is 0 Å². The molecular weight excluding hydrogens is 340 g/mol. The van der Waals surface area contributed by atoms with Crippen LogP contribution < -0.4 is 4.57 Å². The van der Waals surface area contributed by atoms with Crippen molar-refractivity contribution in [1.82, 2.24) is 4.98 Å². The Morgan fingerprint density at radius 1 is 1.00 bits per heavy atom. The third-order valence-electron chi connectivity index (χ3n) is 6.77. The summed E-state index contributed by atoms with van der Waals surface area (Å²) in [6.45, 7) is 11.2. The van der Waals surface area contributed by atoms with E-state index in [0.717, 1.165) is 11.4 Å². The summed E-state index contributed by atoms with van der Waals surface area (Å²) in [5.74, 6) is 1.17. The second kappa shape index (κ2) is 7.31. The SMILES string of the molecule is Cc1cc(C2CCCC2)cc(-c2c3ccc(C(C)C)nc3cc(C)[n+]2C)c1C. The number of aryl methyl sites for hydroxylation is 2. The van der Waals surface area contributed by atoms with E-state index in [2.05, 4.69) is 76.6 Å². The number of aromatic nitrogens is 2. The average Bonchev–Trinajstić information content (AvgIpc) is 3.20. The van der Waals surface area contributed by atoms with E-state index in [1.54, 1.807) is 0 Å². The van der Waals surface area contributed by atoms with E-state index in [-0.39, 0.29) is 0 Å². The van der Waals surface area contributed by atoms with Gasteiger partial charge < -0.3 is 0 Å². The molecule has 4 rings (SSSR count). The van der Waals surface area contributed by atoms with Gasteiger partial charge in [-0.1, -0.05) is 32.8 Å². The second-order valence-corrected chi connectivity index (χ2v) is 9.01. The van der Waals surface area contributed by atoms with Gasteiger partial charge in [-0.2, -0.15) is 4.57 Å². The van der Waals surface area contributed by atoms with Gasteiger partial charge in [-0.3, -0.25) is 4.98 Å². The van der Waals surface area contributed by atoms with Crippen molar-refractivity contribution in [3.05, 3.63) is 58.4 Å². The molecule has 3 aromatic rings. The van der Waals surface area contributed by atoms with Crippen molar-refractivity contribution in [2.24, 2.45) is 7.05 Å².